The third-order valence-corrected chi connectivity index (χ3v) is 8.74. The molecule has 4 rings (SSSR count). The summed E-state index contributed by atoms with van der Waals surface area (Å²) >= 11 is 1.46. The largest absolute Gasteiger partial charge is 0.460 e. The van der Waals surface area contributed by atoms with E-state index in [-0.39, 0.29) is 17.8 Å². The van der Waals surface area contributed by atoms with Gasteiger partial charge in [-0.15, -0.1) is 11.3 Å². The lowest BCUT2D eigenvalue weighted by molar-refractivity contribution is 0.0197. The fourth-order valence-corrected chi connectivity index (χ4v) is 6.33. The van der Waals surface area contributed by atoms with Crippen LogP contribution >= 0.6 is 11.3 Å². The Morgan fingerprint density at radius 3 is 2.68 bits per heavy atom. The number of benzene rings is 1. The Hall–Kier alpha value is -2.07. The number of hydrogen-bond acceptors (Lipinski definition) is 8. The molecule has 0 spiro atoms. The van der Waals surface area contributed by atoms with Gasteiger partial charge in [-0.1, -0.05) is 42.5 Å². The first kappa shape index (κ1) is 28.9. The SMILES string of the molecule is O=C(OCCN1CCOCC1)c1ccc(CCC[C@@H]2[C@@H](C=C[C@@H](O)CCc3ccccc3)[C@H](O)C[C@@H]2O)s1. The summed E-state index contributed by atoms with van der Waals surface area (Å²) in [5.74, 6) is -0.497. The van der Waals surface area contributed by atoms with Crippen molar-refractivity contribution in [2.45, 2.75) is 56.8 Å². The number of carbonyl (C=O) groups excluding carboxylic acids is 1. The van der Waals surface area contributed by atoms with Gasteiger partial charge in [0, 0.05) is 36.9 Å². The predicted molar refractivity (Wildman–Crippen MR) is 148 cm³/mol. The van der Waals surface area contributed by atoms with Crippen molar-refractivity contribution in [1.82, 2.24) is 4.90 Å². The number of aryl methyl sites for hydroxylation is 2. The molecule has 8 heteroatoms. The van der Waals surface area contributed by atoms with Crippen LogP contribution in [0.1, 0.15) is 45.8 Å². The number of hydrogen-bond donors (Lipinski definition) is 3. The molecule has 3 N–H and O–H groups in total. The van der Waals surface area contributed by atoms with Gasteiger partial charge in [-0.2, -0.15) is 0 Å². The molecule has 38 heavy (non-hydrogen) atoms. The standard InChI is InChI=1S/C30H41NO6S/c32-23(10-9-22-5-2-1-3-6-22)11-13-26-25(27(33)21-28(26)34)8-4-7-24-12-14-29(38-24)30(35)37-20-17-31-15-18-36-19-16-31/h1-3,5-6,11-14,23,25-28,32-34H,4,7-10,15-21H2/t23-,25+,26+,27-,28+/m0/s1. The monoisotopic (exact) mass is 543 g/mol. The van der Waals surface area contributed by atoms with Crippen molar-refractivity contribution in [3.8, 4) is 0 Å². The maximum Gasteiger partial charge on any atom is 0.348 e. The number of rotatable bonds is 13. The van der Waals surface area contributed by atoms with Crippen LogP contribution in [0.4, 0.5) is 0 Å². The van der Waals surface area contributed by atoms with E-state index in [2.05, 4.69) is 17.0 Å². The van der Waals surface area contributed by atoms with Crippen LogP contribution in [0.25, 0.3) is 0 Å². The molecular formula is C30H41NO6S. The second-order valence-corrected chi connectivity index (χ2v) is 11.5. The Morgan fingerprint density at radius 2 is 1.89 bits per heavy atom. The number of esters is 1. The summed E-state index contributed by atoms with van der Waals surface area (Å²) in [6.45, 7) is 4.31. The molecule has 2 fully saturated rings. The lowest BCUT2D eigenvalue weighted by atomic mass is 9.88. The average Bonchev–Trinajstić information content (AvgIpc) is 3.51. The van der Waals surface area contributed by atoms with Crippen LogP contribution in [0.2, 0.25) is 0 Å². The van der Waals surface area contributed by atoms with Gasteiger partial charge in [-0.25, -0.2) is 4.79 Å². The third kappa shape index (κ3) is 8.73. The maximum absolute atomic E-state index is 12.4. The summed E-state index contributed by atoms with van der Waals surface area (Å²) < 4.78 is 10.8. The van der Waals surface area contributed by atoms with E-state index in [1.165, 1.54) is 16.9 Å². The quantitative estimate of drug-likeness (QED) is 0.263. The number of aliphatic hydroxyl groups is 3. The van der Waals surface area contributed by atoms with E-state index < -0.39 is 18.3 Å². The van der Waals surface area contributed by atoms with E-state index >= 15 is 0 Å². The van der Waals surface area contributed by atoms with E-state index in [1.807, 2.05) is 36.4 Å². The molecule has 0 radical (unpaired) electrons. The Kier molecular flexibility index (Phi) is 11.4. The molecule has 0 amide bonds. The molecule has 1 aliphatic carbocycles. The maximum atomic E-state index is 12.4. The minimum atomic E-state index is -0.604. The summed E-state index contributed by atoms with van der Waals surface area (Å²) in [6, 6.07) is 13.9. The molecule has 2 heterocycles. The van der Waals surface area contributed by atoms with Gasteiger partial charge in [0.15, 0.2) is 0 Å². The molecule has 0 unspecified atom stereocenters. The topological polar surface area (TPSA) is 99.5 Å². The molecule has 5 atom stereocenters. The van der Waals surface area contributed by atoms with Crippen LogP contribution in [0.15, 0.2) is 54.6 Å². The lowest BCUT2D eigenvalue weighted by Gasteiger charge is -2.26. The van der Waals surface area contributed by atoms with Crippen molar-refractivity contribution in [1.29, 1.82) is 0 Å². The van der Waals surface area contributed by atoms with Gasteiger partial charge in [0.25, 0.3) is 0 Å². The summed E-state index contributed by atoms with van der Waals surface area (Å²) in [4.78, 5) is 16.4. The number of ether oxygens (including phenoxy) is 2. The number of thiophene rings is 1. The van der Waals surface area contributed by atoms with E-state index in [0.717, 1.165) is 63.4 Å². The van der Waals surface area contributed by atoms with Crippen molar-refractivity contribution < 1.29 is 29.6 Å². The van der Waals surface area contributed by atoms with Crippen LogP contribution in [-0.2, 0) is 22.3 Å². The molecule has 1 saturated carbocycles. The number of carbonyl (C=O) groups is 1. The lowest BCUT2D eigenvalue weighted by Crippen LogP contribution is -2.38. The van der Waals surface area contributed by atoms with Crippen molar-refractivity contribution in [3.63, 3.8) is 0 Å². The highest BCUT2D eigenvalue weighted by Gasteiger charge is 2.39. The highest BCUT2D eigenvalue weighted by molar-refractivity contribution is 7.13. The van der Waals surface area contributed by atoms with Crippen molar-refractivity contribution >= 4 is 17.3 Å². The first-order chi connectivity index (χ1) is 18.5. The minimum absolute atomic E-state index is 0.0489. The van der Waals surface area contributed by atoms with Gasteiger partial charge in [-0.05, 0) is 55.7 Å². The van der Waals surface area contributed by atoms with Gasteiger partial charge < -0.3 is 24.8 Å². The summed E-state index contributed by atoms with van der Waals surface area (Å²) in [6.07, 6.45) is 6.12. The Bertz CT molecular complexity index is 1010. The van der Waals surface area contributed by atoms with E-state index in [4.69, 9.17) is 9.47 Å². The highest BCUT2D eigenvalue weighted by atomic mass is 32.1. The fraction of sp³-hybridized carbons (Fsp3) is 0.567. The second-order valence-electron chi connectivity index (χ2n) is 10.3. The molecule has 7 nitrogen and oxygen atoms in total. The number of nitrogens with zero attached hydrogens (tertiary/aromatic N) is 1. The first-order valence-electron chi connectivity index (χ1n) is 13.8. The minimum Gasteiger partial charge on any atom is -0.460 e. The fourth-order valence-electron chi connectivity index (χ4n) is 5.39. The van der Waals surface area contributed by atoms with Crippen LogP contribution < -0.4 is 0 Å². The van der Waals surface area contributed by atoms with Crippen LogP contribution in [0.5, 0.6) is 0 Å². The molecule has 1 aromatic carbocycles. The Balaban J connectivity index is 1.19. The molecule has 208 valence electrons. The van der Waals surface area contributed by atoms with Crippen LogP contribution in [-0.4, -0.2) is 84.0 Å². The van der Waals surface area contributed by atoms with Crippen molar-refractivity contribution in [3.05, 3.63) is 69.9 Å². The molecular weight excluding hydrogens is 502 g/mol. The summed E-state index contributed by atoms with van der Waals surface area (Å²) in [5, 5.41) is 31.5. The first-order valence-corrected chi connectivity index (χ1v) is 14.6. The van der Waals surface area contributed by atoms with Crippen molar-refractivity contribution in [2.24, 2.45) is 11.8 Å². The van der Waals surface area contributed by atoms with E-state index in [0.29, 0.717) is 24.3 Å². The van der Waals surface area contributed by atoms with Gasteiger partial charge in [0.05, 0.1) is 31.5 Å². The van der Waals surface area contributed by atoms with E-state index in [9.17, 15) is 20.1 Å². The third-order valence-electron chi connectivity index (χ3n) is 7.61. The molecule has 2 aliphatic rings. The molecule has 1 aromatic heterocycles. The van der Waals surface area contributed by atoms with Crippen molar-refractivity contribution in [2.75, 3.05) is 39.5 Å². The Labute approximate surface area is 229 Å². The second kappa shape index (κ2) is 14.9. The Morgan fingerprint density at radius 1 is 1.11 bits per heavy atom. The molecule has 2 aromatic rings. The average molecular weight is 544 g/mol. The molecule has 0 bridgehead atoms. The number of morpholine rings is 1. The molecule has 1 aliphatic heterocycles. The van der Waals surface area contributed by atoms with Crippen LogP contribution in [0, 0.1) is 11.8 Å². The summed E-state index contributed by atoms with van der Waals surface area (Å²) in [5.41, 5.74) is 1.19. The zero-order valence-corrected chi connectivity index (χ0v) is 22.8. The van der Waals surface area contributed by atoms with E-state index in [1.54, 1.807) is 6.08 Å². The highest BCUT2D eigenvalue weighted by Crippen LogP contribution is 2.37. The van der Waals surface area contributed by atoms with Crippen LogP contribution in [0.3, 0.4) is 0 Å². The van der Waals surface area contributed by atoms with Gasteiger partial charge in [0.1, 0.15) is 11.5 Å². The smallest absolute Gasteiger partial charge is 0.348 e. The zero-order valence-electron chi connectivity index (χ0n) is 22.0. The van der Waals surface area contributed by atoms with Gasteiger partial charge in [-0.3, -0.25) is 4.90 Å². The summed E-state index contributed by atoms with van der Waals surface area (Å²) in [7, 11) is 0. The normalized spacial score (nSPS) is 25.1. The zero-order chi connectivity index (χ0) is 26.7. The molecule has 1 saturated heterocycles. The predicted octanol–water partition coefficient (Wildman–Crippen LogP) is 3.47. The number of aliphatic hydroxyl groups excluding tert-OH is 3. The van der Waals surface area contributed by atoms with Gasteiger partial charge in [0.2, 0.25) is 0 Å². The van der Waals surface area contributed by atoms with Gasteiger partial charge >= 0.3 is 5.97 Å².